The lowest BCUT2D eigenvalue weighted by Crippen LogP contribution is -2.48. The van der Waals surface area contributed by atoms with Crippen molar-refractivity contribution in [2.45, 2.75) is 57.0 Å². The molecular weight excluding hydrogens is 413 g/mol. The highest BCUT2D eigenvalue weighted by atomic mass is 32.2. The lowest BCUT2D eigenvalue weighted by molar-refractivity contribution is -0.122. The van der Waals surface area contributed by atoms with Gasteiger partial charge >= 0.3 is 0 Å². The van der Waals surface area contributed by atoms with Gasteiger partial charge in [0.15, 0.2) is 5.16 Å². The van der Waals surface area contributed by atoms with Crippen LogP contribution in [0.4, 0.5) is 4.39 Å². The highest BCUT2D eigenvalue weighted by Crippen LogP contribution is 2.30. The molecule has 3 aromatic rings. The monoisotopic (exact) mass is 441 g/mol. The van der Waals surface area contributed by atoms with E-state index in [1.807, 2.05) is 40.7 Å². The second-order valence-corrected chi connectivity index (χ2v) is 9.65. The van der Waals surface area contributed by atoms with Crippen LogP contribution >= 0.6 is 11.8 Å². The average molecular weight is 442 g/mol. The molecule has 0 aliphatic rings. The maximum Gasteiger partial charge on any atom is 0.266 e. The smallest absolute Gasteiger partial charge is 0.266 e. The van der Waals surface area contributed by atoms with Crippen LogP contribution < -0.4 is 10.9 Å². The summed E-state index contributed by atoms with van der Waals surface area (Å²) in [7, 11) is 0. The number of aromatic nitrogens is 2. The number of amides is 1. The van der Waals surface area contributed by atoms with E-state index in [0.29, 0.717) is 21.7 Å². The SMILES string of the molecule is CCC(C)(C)NC(=O)C(Sc1nc2ccccc2c(=O)n1-c1ccc(F)cc1)C(C)C. The molecule has 2 aromatic carbocycles. The largest absolute Gasteiger partial charge is 0.350 e. The zero-order chi connectivity index (χ0) is 22.8. The van der Waals surface area contributed by atoms with Gasteiger partial charge in [0.1, 0.15) is 5.82 Å². The maximum absolute atomic E-state index is 13.5. The van der Waals surface area contributed by atoms with E-state index >= 15 is 0 Å². The van der Waals surface area contributed by atoms with Crippen LogP contribution in [0.5, 0.6) is 0 Å². The highest BCUT2D eigenvalue weighted by molar-refractivity contribution is 8.00. The van der Waals surface area contributed by atoms with E-state index in [1.54, 1.807) is 30.3 Å². The van der Waals surface area contributed by atoms with E-state index in [2.05, 4.69) is 5.32 Å². The Morgan fingerprint density at radius 2 is 1.81 bits per heavy atom. The number of halogens is 1. The normalized spacial score (nSPS) is 12.9. The van der Waals surface area contributed by atoms with Crippen molar-refractivity contribution in [1.82, 2.24) is 14.9 Å². The molecule has 0 fully saturated rings. The van der Waals surface area contributed by atoms with Gasteiger partial charge in [-0.05, 0) is 62.6 Å². The second kappa shape index (κ2) is 9.22. The summed E-state index contributed by atoms with van der Waals surface area (Å²) in [6.45, 7) is 9.93. The minimum atomic E-state index is -0.453. The van der Waals surface area contributed by atoms with Crippen molar-refractivity contribution < 1.29 is 9.18 Å². The summed E-state index contributed by atoms with van der Waals surface area (Å²) in [5, 5.41) is 3.52. The Labute approximate surface area is 186 Å². The first-order valence-electron chi connectivity index (χ1n) is 10.4. The van der Waals surface area contributed by atoms with Gasteiger partial charge in [-0.15, -0.1) is 0 Å². The van der Waals surface area contributed by atoms with Gasteiger partial charge in [0.2, 0.25) is 5.91 Å². The van der Waals surface area contributed by atoms with Gasteiger partial charge in [-0.3, -0.25) is 14.2 Å². The van der Waals surface area contributed by atoms with Crippen molar-refractivity contribution in [2.75, 3.05) is 0 Å². The number of rotatable bonds is 7. The second-order valence-electron chi connectivity index (χ2n) is 8.54. The number of benzene rings is 2. The summed E-state index contributed by atoms with van der Waals surface area (Å²) in [5.41, 5.74) is 0.476. The Morgan fingerprint density at radius 1 is 1.16 bits per heavy atom. The summed E-state index contributed by atoms with van der Waals surface area (Å²) in [6, 6.07) is 12.8. The molecule has 0 aliphatic heterocycles. The molecule has 5 nitrogen and oxygen atoms in total. The third-order valence-electron chi connectivity index (χ3n) is 5.27. The van der Waals surface area contributed by atoms with Crippen LogP contribution in [0.1, 0.15) is 41.0 Å². The van der Waals surface area contributed by atoms with E-state index in [4.69, 9.17) is 4.98 Å². The molecule has 0 radical (unpaired) electrons. The van der Waals surface area contributed by atoms with Crippen molar-refractivity contribution in [3.05, 3.63) is 64.7 Å². The summed E-state index contributed by atoms with van der Waals surface area (Å²) in [4.78, 5) is 31.2. The van der Waals surface area contributed by atoms with Crippen LogP contribution in [-0.4, -0.2) is 26.2 Å². The number of fused-ring (bicyclic) bond motifs is 1. The number of carbonyl (C=O) groups is 1. The minimum absolute atomic E-state index is 0.00250. The number of hydrogen-bond donors (Lipinski definition) is 1. The van der Waals surface area contributed by atoms with Crippen molar-refractivity contribution in [3.63, 3.8) is 0 Å². The quantitative estimate of drug-likeness (QED) is 0.416. The number of nitrogens with one attached hydrogen (secondary N) is 1. The first-order valence-corrected chi connectivity index (χ1v) is 11.3. The van der Waals surface area contributed by atoms with Gasteiger partial charge in [-0.1, -0.05) is 44.7 Å². The standard InChI is InChI=1S/C24H28FN3O2S/c1-6-24(4,5)27-21(29)20(15(2)3)31-23-26-19-10-8-7-9-18(19)22(30)28(23)17-13-11-16(25)12-14-17/h7-15,20H,6H2,1-5H3,(H,27,29). The number of nitrogens with zero attached hydrogens (tertiary/aromatic N) is 2. The number of carbonyl (C=O) groups excluding carboxylic acids is 1. The Balaban J connectivity index is 2.13. The van der Waals surface area contributed by atoms with Gasteiger partial charge in [0.25, 0.3) is 5.56 Å². The molecule has 164 valence electrons. The van der Waals surface area contributed by atoms with Crippen molar-refractivity contribution in [1.29, 1.82) is 0 Å². The van der Waals surface area contributed by atoms with Gasteiger partial charge in [-0.2, -0.15) is 0 Å². The number of para-hydroxylation sites is 1. The van der Waals surface area contributed by atoms with E-state index in [0.717, 1.165) is 6.42 Å². The maximum atomic E-state index is 13.5. The predicted molar refractivity (Wildman–Crippen MR) is 124 cm³/mol. The van der Waals surface area contributed by atoms with Crippen LogP contribution in [0.15, 0.2) is 58.5 Å². The first-order chi connectivity index (χ1) is 14.6. The lowest BCUT2D eigenvalue weighted by Gasteiger charge is -2.29. The van der Waals surface area contributed by atoms with E-state index in [1.165, 1.54) is 28.5 Å². The van der Waals surface area contributed by atoms with Crippen LogP contribution in [0.25, 0.3) is 16.6 Å². The lowest BCUT2D eigenvalue weighted by atomic mass is 10.0. The predicted octanol–water partition coefficient (Wildman–Crippen LogP) is 4.95. The van der Waals surface area contributed by atoms with Crippen LogP contribution in [0.2, 0.25) is 0 Å². The van der Waals surface area contributed by atoms with E-state index < -0.39 is 5.25 Å². The number of thioether (sulfide) groups is 1. The summed E-state index contributed by atoms with van der Waals surface area (Å²) in [5.74, 6) is -0.483. The van der Waals surface area contributed by atoms with Crippen LogP contribution in [0.3, 0.4) is 0 Å². The molecule has 1 unspecified atom stereocenters. The fourth-order valence-electron chi connectivity index (χ4n) is 3.11. The zero-order valence-corrected chi connectivity index (χ0v) is 19.3. The summed E-state index contributed by atoms with van der Waals surface area (Å²) in [6.07, 6.45) is 0.794. The topological polar surface area (TPSA) is 64.0 Å². The Morgan fingerprint density at radius 3 is 2.42 bits per heavy atom. The van der Waals surface area contributed by atoms with Crippen molar-refractivity contribution in [3.8, 4) is 5.69 Å². The molecule has 0 saturated heterocycles. The fourth-order valence-corrected chi connectivity index (χ4v) is 4.22. The fraction of sp³-hybridized carbons (Fsp3) is 0.375. The highest BCUT2D eigenvalue weighted by Gasteiger charge is 2.30. The Kier molecular flexibility index (Phi) is 6.84. The Bertz CT molecular complexity index is 1140. The van der Waals surface area contributed by atoms with Gasteiger partial charge in [-0.25, -0.2) is 9.37 Å². The number of hydrogen-bond acceptors (Lipinski definition) is 4. The molecule has 3 rings (SSSR count). The minimum Gasteiger partial charge on any atom is -0.350 e. The molecule has 0 spiro atoms. The van der Waals surface area contributed by atoms with Crippen molar-refractivity contribution in [2.24, 2.45) is 5.92 Å². The van der Waals surface area contributed by atoms with Crippen molar-refractivity contribution >= 4 is 28.6 Å². The molecule has 1 heterocycles. The van der Waals surface area contributed by atoms with E-state index in [9.17, 15) is 14.0 Å². The zero-order valence-electron chi connectivity index (χ0n) is 18.5. The summed E-state index contributed by atoms with van der Waals surface area (Å²) < 4.78 is 15.0. The van der Waals surface area contributed by atoms with Crippen LogP contribution in [0, 0.1) is 11.7 Å². The molecule has 1 N–H and O–H groups in total. The van der Waals surface area contributed by atoms with E-state index in [-0.39, 0.29) is 28.7 Å². The molecule has 7 heteroatoms. The molecule has 0 saturated carbocycles. The molecule has 0 bridgehead atoms. The third-order valence-corrected chi connectivity index (χ3v) is 6.77. The molecule has 1 atom stereocenters. The molecular formula is C24H28FN3O2S. The van der Waals surface area contributed by atoms with Gasteiger partial charge < -0.3 is 5.32 Å². The molecule has 0 aliphatic carbocycles. The van der Waals surface area contributed by atoms with Gasteiger partial charge in [0, 0.05) is 5.54 Å². The third kappa shape index (κ3) is 5.15. The van der Waals surface area contributed by atoms with Crippen LogP contribution in [-0.2, 0) is 4.79 Å². The first kappa shape index (κ1) is 23.0. The Hall–Kier alpha value is -2.67. The summed E-state index contributed by atoms with van der Waals surface area (Å²) >= 11 is 1.26. The molecule has 1 aromatic heterocycles. The van der Waals surface area contributed by atoms with Gasteiger partial charge in [0.05, 0.1) is 21.8 Å². The average Bonchev–Trinajstić information content (AvgIpc) is 2.72. The molecule has 1 amide bonds. The molecule has 31 heavy (non-hydrogen) atoms.